The van der Waals surface area contributed by atoms with Crippen LogP contribution in [0.15, 0.2) is 36.4 Å². The van der Waals surface area contributed by atoms with Crippen LogP contribution in [-0.4, -0.2) is 47.4 Å². The molecular formula is C22H29ClN2O5S. The van der Waals surface area contributed by atoms with Gasteiger partial charge in [0.25, 0.3) is 0 Å². The van der Waals surface area contributed by atoms with E-state index in [1.54, 1.807) is 12.1 Å². The van der Waals surface area contributed by atoms with Gasteiger partial charge in [0.15, 0.2) is 0 Å². The van der Waals surface area contributed by atoms with Gasteiger partial charge in [0, 0.05) is 13.0 Å². The molecule has 2 rings (SSSR count). The first kappa shape index (κ1) is 24.8. The summed E-state index contributed by atoms with van der Waals surface area (Å²) in [5, 5.41) is 3.11. The van der Waals surface area contributed by atoms with Crippen LogP contribution in [0.1, 0.15) is 24.0 Å². The van der Waals surface area contributed by atoms with E-state index in [1.165, 1.54) is 17.5 Å². The second-order valence-electron chi connectivity index (χ2n) is 7.22. The number of rotatable bonds is 11. The van der Waals surface area contributed by atoms with Gasteiger partial charge in [-0.15, -0.1) is 0 Å². The van der Waals surface area contributed by atoms with E-state index in [1.807, 2.05) is 32.0 Å². The third kappa shape index (κ3) is 7.63. The van der Waals surface area contributed by atoms with Gasteiger partial charge in [0.2, 0.25) is 15.9 Å². The molecule has 0 bridgehead atoms. The lowest BCUT2D eigenvalue weighted by Gasteiger charge is -2.23. The van der Waals surface area contributed by atoms with Crippen LogP contribution in [0, 0.1) is 13.8 Å². The molecule has 170 valence electrons. The van der Waals surface area contributed by atoms with Gasteiger partial charge in [0.05, 0.1) is 30.6 Å². The highest BCUT2D eigenvalue weighted by Gasteiger charge is 2.19. The van der Waals surface area contributed by atoms with E-state index in [0.29, 0.717) is 36.0 Å². The topological polar surface area (TPSA) is 84.9 Å². The molecule has 0 radical (unpaired) electrons. The maximum Gasteiger partial charge on any atom is 0.232 e. The Morgan fingerprint density at radius 3 is 2.52 bits per heavy atom. The molecule has 7 nitrogen and oxygen atoms in total. The fourth-order valence-electron chi connectivity index (χ4n) is 2.98. The van der Waals surface area contributed by atoms with Gasteiger partial charge in [-0.3, -0.25) is 9.10 Å². The van der Waals surface area contributed by atoms with E-state index in [-0.39, 0.29) is 18.9 Å². The Morgan fingerprint density at radius 2 is 1.87 bits per heavy atom. The first-order valence-electron chi connectivity index (χ1n) is 9.90. The molecule has 0 aliphatic carbocycles. The van der Waals surface area contributed by atoms with Crippen LogP contribution in [0.25, 0.3) is 0 Å². The maximum atomic E-state index is 12.2. The predicted molar refractivity (Wildman–Crippen MR) is 124 cm³/mol. The van der Waals surface area contributed by atoms with Gasteiger partial charge in [-0.05, 0) is 55.7 Å². The summed E-state index contributed by atoms with van der Waals surface area (Å²) in [6.45, 7) is 4.85. The zero-order valence-corrected chi connectivity index (χ0v) is 19.8. The van der Waals surface area contributed by atoms with Crippen LogP contribution in [0.5, 0.6) is 11.5 Å². The SMILES string of the molecule is COc1ccc(N(CCCC(=O)NCCOc2cc(C)ccc2C)S(C)(=O)=O)cc1Cl. The van der Waals surface area contributed by atoms with Crippen molar-refractivity contribution in [1.82, 2.24) is 5.32 Å². The van der Waals surface area contributed by atoms with Crippen LogP contribution in [0.2, 0.25) is 5.02 Å². The minimum atomic E-state index is -3.53. The number of nitrogens with zero attached hydrogens (tertiary/aromatic N) is 1. The number of aryl methyl sites for hydroxylation is 2. The number of carbonyl (C=O) groups excluding carboxylic acids is 1. The van der Waals surface area contributed by atoms with Gasteiger partial charge < -0.3 is 14.8 Å². The van der Waals surface area contributed by atoms with Crippen molar-refractivity contribution in [2.24, 2.45) is 0 Å². The molecule has 9 heteroatoms. The van der Waals surface area contributed by atoms with Crippen molar-refractivity contribution in [2.75, 3.05) is 37.4 Å². The van der Waals surface area contributed by atoms with Crippen molar-refractivity contribution < 1.29 is 22.7 Å². The lowest BCUT2D eigenvalue weighted by molar-refractivity contribution is -0.121. The van der Waals surface area contributed by atoms with Crippen molar-refractivity contribution in [3.05, 3.63) is 52.5 Å². The summed E-state index contributed by atoms with van der Waals surface area (Å²) in [5.74, 6) is 1.10. The number of sulfonamides is 1. The molecule has 31 heavy (non-hydrogen) atoms. The number of halogens is 1. The van der Waals surface area contributed by atoms with Crippen LogP contribution in [0.4, 0.5) is 5.69 Å². The second kappa shape index (κ2) is 11.2. The highest BCUT2D eigenvalue weighted by molar-refractivity contribution is 7.92. The van der Waals surface area contributed by atoms with Gasteiger partial charge >= 0.3 is 0 Å². The first-order chi connectivity index (χ1) is 14.6. The third-order valence-corrected chi connectivity index (χ3v) is 6.10. The summed E-state index contributed by atoms with van der Waals surface area (Å²) < 4.78 is 36.5. The number of hydrogen-bond donors (Lipinski definition) is 1. The first-order valence-corrected chi connectivity index (χ1v) is 12.1. The summed E-state index contributed by atoms with van der Waals surface area (Å²) in [5.41, 5.74) is 2.57. The van der Waals surface area contributed by atoms with Crippen LogP contribution in [0.3, 0.4) is 0 Å². The molecule has 0 unspecified atom stereocenters. The average molecular weight is 469 g/mol. The molecule has 0 fully saturated rings. The normalized spacial score (nSPS) is 11.1. The Bertz CT molecular complexity index is 1010. The fourth-order valence-corrected chi connectivity index (χ4v) is 4.19. The summed E-state index contributed by atoms with van der Waals surface area (Å²) in [6.07, 6.45) is 1.68. The van der Waals surface area contributed by atoms with Crippen molar-refractivity contribution in [3.8, 4) is 11.5 Å². The van der Waals surface area contributed by atoms with Gasteiger partial charge in [-0.2, -0.15) is 0 Å². The maximum absolute atomic E-state index is 12.2. The summed E-state index contributed by atoms with van der Waals surface area (Å²) in [6, 6.07) is 10.7. The summed E-state index contributed by atoms with van der Waals surface area (Å²) in [7, 11) is -2.04. The van der Waals surface area contributed by atoms with E-state index >= 15 is 0 Å². The van der Waals surface area contributed by atoms with Crippen LogP contribution < -0.4 is 19.1 Å². The molecule has 2 aromatic carbocycles. The molecule has 0 saturated heterocycles. The number of amides is 1. The molecule has 0 aliphatic heterocycles. The van der Waals surface area contributed by atoms with E-state index in [0.717, 1.165) is 23.1 Å². The average Bonchev–Trinajstić information content (AvgIpc) is 2.70. The molecule has 0 heterocycles. The monoisotopic (exact) mass is 468 g/mol. The van der Waals surface area contributed by atoms with E-state index in [2.05, 4.69) is 5.32 Å². The number of anilines is 1. The van der Waals surface area contributed by atoms with Gasteiger partial charge in [0.1, 0.15) is 18.1 Å². The number of ether oxygens (including phenoxy) is 2. The smallest absolute Gasteiger partial charge is 0.232 e. The molecule has 2 aromatic rings. The molecule has 1 N–H and O–H groups in total. The third-order valence-electron chi connectivity index (χ3n) is 4.61. The number of benzene rings is 2. The summed E-state index contributed by atoms with van der Waals surface area (Å²) >= 11 is 6.12. The predicted octanol–water partition coefficient (Wildman–Crippen LogP) is 3.71. The van der Waals surface area contributed by atoms with Crippen molar-refractivity contribution in [3.63, 3.8) is 0 Å². The van der Waals surface area contributed by atoms with Crippen LogP contribution in [-0.2, 0) is 14.8 Å². The highest BCUT2D eigenvalue weighted by Crippen LogP contribution is 2.30. The lowest BCUT2D eigenvalue weighted by Crippen LogP contribution is -2.33. The molecular weight excluding hydrogens is 440 g/mol. The Morgan fingerprint density at radius 1 is 1.13 bits per heavy atom. The van der Waals surface area contributed by atoms with E-state index in [9.17, 15) is 13.2 Å². The fraction of sp³-hybridized carbons (Fsp3) is 0.409. The van der Waals surface area contributed by atoms with Gasteiger partial charge in [-0.25, -0.2) is 8.42 Å². The number of methoxy groups -OCH3 is 1. The highest BCUT2D eigenvalue weighted by atomic mass is 35.5. The van der Waals surface area contributed by atoms with Crippen molar-refractivity contribution >= 4 is 33.2 Å². The van der Waals surface area contributed by atoms with E-state index in [4.69, 9.17) is 21.1 Å². The summed E-state index contributed by atoms with van der Waals surface area (Å²) in [4.78, 5) is 12.1. The van der Waals surface area contributed by atoms with Crippen LogP contribution >= 0.6 is 11.6 Å². The lowest BCUT2D eigenvalue weighted by atomic mass is 10.1. The standard InChI is InChI=1S/C22H29ClN2O5S/c1-16-7-8-17(2)21(14-16)30-13-11-24-22(26)6-5-12-25(31(4,27)28)18-9-10-20(29-3)19(23)15-18/h7-10,14-15H,5-6,11-13H2,1-4H3,(H,24,26). The number of nitrogens with one attached hydrogen (secondary N) is 1. The van der Waals surface area contributed by atoms with Crippen molar-refractivity contribution in [1.29, 1.82) is 0 Å². The van der Waals surface area contributed by atoms with Crippen molar-refractivity contribution in [2.45, 2.75) is 26.7 Å². The van der Waals surface area contributed by atoms with Gasteiger partial charge in [-0.1, -0.05) is 23.7 Å². The minimum absolute atomic E-state index is 0.161. The molecule has 0 aromatic heterocycles. The molecule has 1 amide bonds. The Hall–Kier alpha value is -2.45. The zero-order chi connectivity index (χ0) is 23.0. The molecule has 0 spiro atoms. The molecule has 0 atom stereocenters. The Labute approximate surface area is 189 Å². The Kier molecular flexibility index (Phi) is 9.00. The largest absolute Gasteiger partial charge is 0.495 e. The molecule has 0 aliphatic rings. The van der Waals surface area contributed by atoms with E-state index < -0.39 is 10.0 Å². The number of carbonyl (C=O) groups is 1. The number of hydrogen-bond acceptors (Lipinski definition) is 5. The quantitative estimate of drug-likeness (QED) is 0.508. The zero-order valence-electron chi connectivity index (χ0n) is 18.3. The minimum Gasteiger partial charge on any atom is -0.495 e. The second-order valence-corrected chi connectivity index (χ2v) is 9.54. The Balaban J connectivity index is 1.82. The molecule has 0 saturated carbocycles.